The Balaban J connectivity index is -0.000000105. The Bertz CT molecular complexity index is 1170. The van der Waals surface area contributed by atoms with E-state index in [0.717, 1.165) is 39.2 Å². The van der Waals surface area contributed by atoms with Crippen LogP contribution in [0.3, 0.4) is 0 Å². The van der Waals surface area contributed by atoms with Crippen molar-refractivity contribution < 1.29 is 82.3 Å². The largest absolute Gasteiger partial charge is 0.447 e. The number of aliphatic imine (C=N–C) groups is 1. The molecule has 2 amide bonds. The summed E-state index contributed by atoms with van der Waals surface area (Å²) in [5, 5.41) is 5.31. The van der Waals surface area contributed by atoms with Crippen LogP contribution in [0.1, 0.15) is 132 Å². The fraction of sp³-hybridized carbons (Fsp3) is 0.923. The molecule has 0 aromatic carbocycles. The number of alkyl carbamates (subject to hydrolysis) is 2. The number of hydrogen-bond acceptors (Lipinski definition) is 9. The summed E-state index contributed by atoms with van der Waals surface area (Å²) in [6.45, 7) is 11.9. The highest BCUT2D eigenvalue weighted by molar-refractivity contribution is 5.67. The molecule has 2 fully saturated rings. The zero-order valence-corrected chi connectivity index (χ0v) is 32.1. The van der Waals surface area contributed by atoms with E-state index in [1.54, 1.807) is 6.08 Å². The van der Waals surface area contributed by atoms with Crippen LogP contribution < -0.4 is 10.6 Å². The van der Waals surface area contributed by atoms with Gasteiger partial charge in [-0.25, -0.2) is 32.5 Å². The number of methoxy groups -OCH3 is 1. The van der Waals surface area contributed by atoms with E-state index in [9.17, 15) is 58.4 Å². The lowest BCUT2D eigenvalue weighted by atomic mass is 9.61. The SMILES string of the molecule is C.C.C.C.C.C.CC1(C)CC(N=C=O)CC(C)(CNC(=O)OCCF)C1.CC1CC(C)(C)CC(C)(CNC(=O)OCF)C1.COC(F)(F)C(F)(F)C(F)(F)OCF.COF. The summed E-state index contributed by atoms with van der Waals surface area (Å²) in [5.41, 5.74) is 0.263. The first kappa shape index (κ1) is 74.5. The topological polar surface area (TPSA) is 134 Å². The monoisotopic (exact) mass is 908 g/mol. The third-order valence-electron chi connectivity index (χ3n) is 8.34. The molecule has 4 atom stereocenters. The molecule has 60 heavy (non-hydrogen) atoms. The maximum Gasteiger partial charge on any atom is 0.430 e. The van der Waals surface area contributed by atoms with Crippen LogP contribution in [0.5, 0.6) is 0 Å². The number of halogens is 10. The summed E-state index contributed by atoms with van der Waals surface area (Å²) in [4.78, 5) is 39.5. The van der Waals surface area contributed by atoms with Crippen LogP contribution in [-0.2, 0) is 28.7 Å². The number of alkyl halides is 9. The quantitative estimate of drug-likeness (QED) is 0.106. The number of nitrogens with one attached hydrogen (secondary N) is 2. The van der Waals surface area contributed by atoms with E-state index < -0.39 is 50.7 Å². The lowest BCUT2D eigenvalue weighted by molar-refractivity contribution is -0.449. The Labute approximate surface area is 353 Å². The Kier molecular flexibility index (Phi) is 40.7. The molecule has 2 aliphatic carbocycles. The molecule has 2 saturated carbocycles. The first-order chi connectivity index (χ1) is 24.6. The molecule has 0 aliphatic heterocycles. The molecule has 2 N–H and O–H groups in total. The molecular formula is C39H79F10N3O8. The van der Waals surface area contributed by atoms with Gasteiger partial charge in [-0.2, -0.15) is 31.3 Å². The van der Waals surface area contributed by atoms with Crippen LogP contribution in [0.4, 0.5) is 53.6 Å². The normalized spacial score (nSPS) is 22.2. The fourth-order valence-corrected chi connectivity index (χ4v) is 7.48. The van der Waals surface area contributed by atoms with E-state index in [0.29, 0.717) is 24.4 Å². The van der Waals surface area contributed by atoms with Gasteiger partial charge in [-0.1, -0.05) is 93.0 Å². The van der Waals surface area contributed by atoms with E-state index >= 15 is 0 Å². The predicted molar refractivity (Wildman–Crippen MR) is 216 cm³/mol. The fourth-order valence-electron chi connectivity index (χ4n) is 7.48. The van der Waals surface area contributed by atoms with Crippen molar-refractivity contribution in [2.24, 2.45) is 32.6 Å². The molecular weight excluding hydrogens is 828 g/mol. The molecule has 11 nitrogen and oxygen atoms in total. The van der Waals surface area contributed by atoms with Crippen molar-refractivity contribution in [1.82, 2.24) is 10.6 Å². The van der Waals surface area contributed by atoms with Gasteiger partial charge >= 0.3 is 30.3 Å². The van der Waals surface area contributed by atoms with E-state index in [4.69, 9.17) is 0 Å². The third-order valence-corrected chi connectivity index (χ3v) is 8.34. The van der Waals surface area contributed by atoms with Gasteiger partial charge in [0, 0.05) is 20.2 Å². The zero-order valence-electron chi connectivity index (χ0n) is 32.1. The van der Waals surface area contributed by atoms with Crippen molar-refractivity contribution in [2.75, 3.05) is 54.3 Å². The van der Waals surface area contributed by atoms with Crippen molar-refractivity contribution in [2.45, 2.75) is 156 Å². The van der Waals surface area contributed by atoms with Gasteiger partial charge in [-0.3, -0.25) is 4.74 Å². The molecule has 0 heterocycles. The number of nitrogens with zero attached hydrogens (tertiary/aromatic N) is 1. The molecule has 0 aromatic heterocycles. The van der Waals surface area contributed by atoms with Gasteiger partial charge in [0.15, 0.2) is 6.86 Å². The van der Waals surface area contributed by atoms with Crippen molar-refractivity contribution in [3.05, 3.63) is 0 Å². The first-order valence-corrected chi connectivity index (χ1v) is 16.6. The summed E-state index contributed by atoms with van der Waals surface area (Å²) in [7, 11) is 1.05. The summed E-state index contributed by atoms with van der Waals surface area (Å²) in [6.07, 6.45) is -4.90. The molecule has 0 saturated heterocycles. The number of carbonyl (C=O) groups is 2. The van der Waals surface area contributed by atoms with Crippen LogP contribution in [-0.4, -0.2) is 96.8 Å². The van der Waals surface area contributed by atoms with Crippen LogP contribution in [0.15, 0.2) is 4.99 Å². The molecule has 2 rings (SSSR count). The highest BCUT2D eigenvalue weighted by Gasteiger charge is 2.74. The zero-order chi connectivity index (χ0) is 42.7. The van der Waals surface area contributed by atoms with E-state index in [1.807, 2.05) is 0 Å². The smallest absolute Gasteiger partial charge is 0.430 e. The summed E-state index contributed by atoms with van der Waals surface area (Å²) in [6, 6.07) is -0.0649. The number of isocyanates is 1. The third kappa shape index (κ3) is 27.8. The molecule has 0 spiro atoms. The summed E-state index contributed by atoms with van der Waals surface area (Å²) in [5.74, 6) is -5.30. The lowest BCUT2D eigenvalue weighted by Gasteiger charge is -2.45. The Morgan fingerprint density at radius 2 is 1.12 bits per heavy atom. The molecule has 2 aliphatic rings. The van der Waals surface area contributed by atoms with E-state index in [1.165, 1.54) is 6.42 Å². The number of carbonyl (C=O) groups excluding carboxylic acids is 3. The van der Waals surface area contributed by atoms with Crippen LogP contribution in [0, 0.1) is 27.6 Å². The summed E-state index contributed by atoms with van der Waals surface area (Å²) >= 11 is 0. The van der Waals surface area contributed by atoms with E-state index in [-0.39, 0.29) is 80.6 Å². The van der Waals surface area contributed by atoms with Gasteiger partial charge in [0.2, 0.25) is 12.9 Å². The highest BCUT2D eigenvalue weighted by atomic mass is 19.4. The standard InChI is InChI=1S/C14H23FN2O3.C13H24FNO2.C5H5F7O2.CH3FO.6CH4/c1-13(2)6-11(17-10-18)7-14(3,8-13)9-16-12(19)20-5-4-15;1-10-5-12(2,3)7-13(4,6-10)8-15-11(16)17-9-14;1-13-4(9,10)3(7,8)5(11,12)14-2-6;1-3-2;;;;;;/h11H,4-9H2,1-3H3,(H,16,19);10H,5-9H2,1-4H3,(H,15,16);2H2,1H3;1H3;6*1H4. The number of rotatable bonds is 13. The molecule has 21 heteroatoms. The number of ether oxygens (including phenoxy) is 4. The van der Waals surface area contributed by atoms with Gasteiger partial charge in [-0.15, -0.1) is 0 Å². The average molecular weight is 908 g/mol. The van der Waals surface area contributed by atoms with Gasteiger partial charge in [0.1, 0.15) is 13.3 Å². The van der Waals surface area contributed by atoms with Crippen molar-refractivity contribution in [3.8, 4) is 0 Å². The molecule has 0 bridgehead atoms. The highest BCUT2D eigenvalue weighted by Crippen LogP contribution is 2.49. The Morgan fingerprint density at radius 3 is 1.48 bits per heavy atom. The Hall–Kier alpha value is -2.90. The predicted octanol–water partition coefficient (Wildman–Crippen LogP) is 12.8. The maximum atomic E-state index is 12.2. The van der Waals surface area contributed by atoms with Crippen LogP contribution in [0.2, 0.25) is 0 Å². The molecule has 0 aromatic rings. The molecule has 0 radical (unpaired) electrons. The van der Waals surface area contributed by atoms with Gasteiger partial charge < -0.3 is 24.8 Å². The molecule has 368 valence electrons. The Morgan fingerprint density at radius 1 is 0.700 bits per heavy atom. The molecule has 4 unspecified atom stereocenters. The summed E-state index contributed by atoms with van der Waals surface area (Å²) < 4.78 is 132. The van der Waals surface area contributed by atoms with Crippen molar-refractivity contribution in [1.29, 1.82) is 0 Å². The minimum atomic E-state index is -5.96. The van der Waals surface area contributed by atoms with E-state index in [2.05, 4.69) is 88.0 Å². The van der Waals surface area contributed by atoms with Crippen LogP contribution >= 0.6 is 0 Å². The second-order valence-corrected chi connectivity index (χ2v) is 15.4. The van der Waals surface area contributed by atoms with Crippen LogP contribution in [0.25, 0.3) is 0 Å². The lowest BCUT2D eigenvalue weighted by Crippen LogP contribution is -2.56. The van der Waals surface area contributed by atoms with Gasteiger partial charge in [0.25, 0.3) is 0 Å². The average Bonchev–Trinajstić information content (AvgIpc) is 3.01. The van der Waals surface area contributed by atoms with Crippen molar-refractivity contribution in [3.63, 3.8) is 0 Å². The number of hydrogen-bond donors (Lipinski definition) is 2. The van der Waals surface area contributed by atoms with Gasteiger partial charge in [0.05, 0.1) is 13.2 Å². The van der Waals surface area contributed by atoms with Gasteiger partial charge in [-0.05, 0) is 70.6 Å². The second-order valence-electron chi connectivity index (χ2n) is 15.4. The van der Waals surface area contributed by atoms with Crippen molar-refractivity contribution >= 4 is 18.3 Å². The first-order valence-electron chi connectivity index (χ1n) is 16.6. The number of amides is 2. The minimum Gasteiger partial charge on any atom is -0.447 e. The second kappa shape index (κ2) is 32.8. The minimum absolute atomic E-state index is 0. The maximum absolute atomic E-state index is 12.2.